The molecule has 1 heterocycles. The minimum atomic E-state index is 0.824. The molecule has 14 heavy (non-hydrogen) atoms. The van der Waals surface area contributed by atoms with Gasteiger partial charge in [0.15, 0.2) is 0 Å². The van der Waals surface area contributed by atoms with Crippen LogP contribution in [0.1, 0.15) is 30.9 Å². The Morgan fingerprint density at radius 2 is 2.14 bits per heavy atom. The Labute approximate surface area is 85.2 Å². The highest BCUT2D eigenvalue weighted by Gasteiger charge is 2.06. The summed E-state index contributed by atoms with van der Waals surface area (Å²) in [5.41, 5.74) is 3.48. The van der Waals surface area contributed by atoms with E-state index in [9.17, 15) is 0 Å². The number of hydrogen-bond donors (Lipinski definition) is 1. The molecule has 0 bridgehead atoms. The maximum atomic E-state index is 5.07. The summed E-state index contributed by atoms with van der Waals surface area (Å²) in [7, 11) is 0. The van der Waals surface area contributed by atoms with Crippen molar-refractivity contribution >= 4 is 0 Å². The van der Waals surface area contributed by atoms with Crippen molar-refractivity contribution in [3.05, 3.63) is 28.7 Å². The summed E-state index contributed by atoms with van der Waals surface area (Å²) in [5.74, 6) is 0.909. The molecule has 0 aliphatic rings. The van der Waals surface area contributed by atoms with Crippen LogP contribution < -0.4 is 5.32 Å². The van der Waals surface area contributed by atoms with Crippen molar-refractivity contribution in [3.8, 4) is 0 Å². The second-order valence-corrected chi connectivity index (χ2v) is 3.72. The van der Waals surface area contributed by atoms with Crippen molar-refractivity contribution in [1.29, 1.82) is 0 Å². The van der Waals surface area contributed by atoms with Crippen LogP contribution in [-0.2, 0) is 6.54 Å². The summed E-state index contributed by atoms with van der Waals surface area (Å²) in [6.45, 7) is 9.82. The predicted octanol–water partition coefficient (Wildman–Crippen LogP) is 2.35. The largest absolute Gasteiger partial charge is 0.361 e. The van der Waals surface area contributed by atoms with E-state index in [1.165, 1.54) is 11.1 Å². The molecule has 1 aromatic heterocycles. The van der Waals surface area contributed by atoms with Gasteiger partial charge in [0.05, 0.1) is 5.69 Å². The fourth-order valence-electron chi connectivity index (χ4n) is 1.23. The van der Waals surface area contributed by atoms with Crippen LogP contribution in [-0.4, -0.2) is 11.7 Å². The average Bonchev–Trinajstić information content (AvgIpc) is 2.42. The third kappa shape index (κ3) is 3.00. The van der Waals surface area contributed by atoms with Gasteiger partial charge in [0, 0.05) is 18.7 Å². The molecular weight excluding hydrogens is 176 g/mol. The number of nitrogens with zero attached hydrogens (tertiary/aromatic N) is 1. The average molecular weight is 194 g/mol. The molecule has 0 spiro atoms. The molecule has 0 saturated heterocycles. The highest BCUT2D eigenvalue weighted by atomic mass is 16.5. The Morgan fingerprint density at radius 3 is 2.64 bits per heavy atom. The van der Waals surface area contributed by atoms with Crippen LogP contribution in [0.5, 0.6) is 0 Å². The topological polar surface area (TPSA) is 38.1 Å². The molecule has 1 N–H and O–H groups in total. The van der Waals surface area contributed by atoms with Crippen LogP contribution in [0.15, 0.2) is 16.2 Å². The van der Waals surface area contributed by atoms with Gasteiger partial charge in [-0.1, -0.05) is 16.8 Å². The smallest absolute Gasteiger partial charge is 0.138 e. The summed E-state index contributed by atoms with van der Waals surface area (Å²) in [6, 6.07) is 0. The van der Waals surface area contributed by atoms with Crippen LogP contribution in [0.3, 0.4) is 0 Å². The van der Waals surface area contributed by atoms with E-state index >= 15 is 0 Å². The number of hydrogen-bond acceptors (Lipinski definition) is 3. The lowest BCUT2D eigenvalue weighted by atomic mass is 10.2. The van der Waals surface area contributed by atoms with Gasteiger partial charge in [-0.3, -0.25) is 0 Å². The van der Waals surface area contributed by atoms with Gasteiger partial charge in [0.1, 0.15) is 5.76 Å². The van der Waals surface area contributed by atoms with Crippen molar-refractivity contribution in [3.63, 3.8) is 0 Å². The molecule has 0 aliphatic heterocycles. The van der Waals surface area contributed by atoms with E-state index in [-0.39, 0.29) is 0 Å². The molecule has 3 heteroatoms. The first-order valence-electron chi connectivity index (χ1n) is 4.87. The first-order valence-corrected chi connectivity index (χ1v) is 4.87. The van der Waals surface area contributed by atoms with Gasteiger partial charge in [0.25, 0.3) is 0 Å². The molecule has 1 aromatic rings. The van der Waals surface area contributed by atoms with Gasteiger partial charge in [-0.25, -0.2) is 0 Å². The monoisotopic (exact) mass is 194 g/mol. The zero-order valence-electron chi connectivity index (χ0n) is 9.35. The highest BCUT2D eigenvalue weighted by Crippen LogP contribution is 2.11. The quantitative estimate of drug-likeness (QED) is 0.590. The normalized spacial score (nSPS) is 10.3. The van der Waals surface area contributed by atoms with E-state index in [4.69, 9.17) is 4.52 Å². The number of rotatable bonds is 4. The van der Waals surface area contributed by atoms with E-state index < -0.39 is 0 Å². The summed E-state index contributed by atoms with van der Waals surface area (Å²) in [4.78, 5) is 0. The summed E-state index contributed by atoms with van der Waals surface area (Å²) in [5, 5.41) is 7.22. The van der Waals surface area contributed by atoms with Crippen LogP contribution in [0.2, 0.25) is 0 Å². The second-order valence-electron chi connectivity index (χ2n) is 3.72. The Hall–Kier alpha value is -1.09. The van der Waals surface area contributed by atoms with Gasteiger partial charge in [-0.05, 0) is 27.7 Å². The van der Waals surface area contributed by atoms with Gasteiger partial charge in [-0.15, -0.1) is 0 Å². The predicted molar refractivity (Wildman–Crippen MR) is 57.1 cm³/mol. The summed E-state index contributed by atoms with van der Waals surface area (Å²) < 4.78 is 5.07. The molecule has 0 aliphatic carbocycles. The SMILES string of the molecule is CC(C)=CCNCc1c(C)noc1C. The minimum absolute atomic E-state index is 0.824. The molecule has 0 amide bonds. The Morgan fingerprint density at radius 1 is 1.43 bits per heavy atom. The fraction of sp³-hybridized carbons (Fsp3) is 0.545. The van der Waals surface area contributed by atoms with Crippen molar-refractivity contribution in [2.75, 3.05) is 6.54 Å². The maximum absolute atomic E-state index is 5.07. The number of nitrogens with one attached hydrogen (secondary N) is 1. The lowest BCUT2D eigenvalue weighted by Crippen LogP contribution is -2.14. The maximum Gasteiger partial charge on any atom is 0.138 e. The molecule has 0 saturated carbocycles. The van der Waals surface area contributed by atoms with Crippen molar-refractivity contribution in [2.24, 2.45) is 0 Å². The van der Waals surface area contributed by atoms with Gasteiger partial charge in [-0.2, -0.15) is 0 Å². The van der Waals surface area contributed by atoms with Crippen LogP contribution in [0.25, 0.3) is 0 Å². The Kier molecular flexibility index (Phi) is 3.89. The van der Waals surface area contributed by atoms with Crippen molar-refractivity contribution in [2.45, 2.75) is 34.2 Å². The number of aromatic nitrogens is 1. The Balaban J connectivity index is 2.42. The van der Waals surface area contributed by atoms with Crippen LogP contribution >= 0.6 is 0 Å². The Bertz CT molecular complexity index is 303. The molecule has 0 unspecified atom stereocenters. The first kappa shape index (κ1) is 11.0. The van der Waals surface area contributed by atoms with E-state index in [0.29, 0.717) is 0 Å². The summed E-state index contributed by atoms with van der Waals surface area (Å²) in [6.07, 6.45) is 2.16. The molecule has 0 atom stereocenters. The van der Waals surface area contributed by atoms with Gasteiger partial charge < -0.3 is 9.84 Å². The highest BCUT2D eigenvalue weighted by molar-refractivity contribution is 5.20. The second kappa shape index (κ2) is 4.96. The number of aryl methyl sites for hydroxylation is 2. The molecular formula is C11H18N2O. The summed E-state index contributed by atoms with van der Waals surface area (Å²) >= 11 is 0. The molecule has 3 nitrogen and oxygen atoms in total. The minimum Gasteiger partial charge on any atom is -0.361 e. The lowest BCUT2D eigenvalue weighted by Gasteiger charge is -2.00. The molecule has 1 rings (SSSR count). The standard InChI is InChI=1S/C11H18N2O/c1-8(2)5-6-12-7-11-9(3)13-14-10(11)4/h5,12H,6-7H2,1-4H3. The van der Waals surface area contributed by atoms with E-state index in [2.05, 4.69) is 30.4 Å². The molecule has 0 aromatic carbocycles. The molecule has 78 valence electrons. The first-order chi connectivity index (χ1) is 6.61. The number of allylic oxidation sites excluding steroid dienone is 1. The van der Waals surface area contributed by atoms with E-state index in [1.54, 1.807) is 0 Å². The van der Waals surface area contributed by atoms with Crippen molar-refractivity contribution in [1.82, 2.24) is 10.5 Å². The molecule has 0 radical (unpaired) electrons. The van der Waals surface area contributed by atoms with E-state index in [1.807, 2.05) is 13.8 Å². The third-order valence-electron chi connectivity index (χ3n) is 2.14. The van der Waals surface area contributed by atoms with Crippen LogP contribution in [0.4, 0.5) is 0 Å². The molecule has 0 fully saturated rings. The fourth-order valence-corrected chi connectivity index (χ4v) is 1.23. The van der Waals surface area contributed by atoms with Crippen molar-refractivity contribution < 1.29 is 4.52 Å². The van der Waals surface area contributed by atoms with Crippen LogP contribution in [0, 0.1) is 13.8 Å². The zero-order chi connectivity index (χ0) is 10.6. The lowest BCUT2D eigenvalue weighted by molar-refractivity contribution is 0.392. The van der Waals surface area contributed by atoms with E-state index in [0.717, 1.165) is 24.5 Å². The van der Waals surface area contributed by atoms with Gasteiger partial charge >= 0.3 is 0 Å². The zero-order valence-corrected chi connectivity index (χ0v) is 9.35. The third-order valence-corrected chi connectivity index (χ3v) is 2.14. The van der Waals surface area contributed by atoms with Gasteiger partial charge in [0.2, 0.25) is 0 Å².